The first-order chi connectivity index (χ1) is 12.7. The molecule has 0 spiro atoms. The molecule has 1 aliphatic heterocycles. The van der Waals surface area contributed by atoms with Gasteiger partial charge in [-0.3, -0.25) is 0 Å². The number of nitrogens with one attached hydrogen (secondary N) is 1. The Kier molecular flexibility index (Phi) is 5.64. The average molecular weight is 351 g/mol. The number of carbonyl (C=O) groups is 1. The van der Waals surface area contributed by atoms with Crippen molar-refractivity contribution in [3.05, 3.63) is 41.9 Å². The van der Waals surface area contributed by atoms with Gasteiger partial charge in [-0.1, -0.05) is 18.6 Å². The van der Waals surface area contributed by atoms with E-state index in [1.54, 1.807) is 6.92 Å². The summed E-state index contributed by atoms with van der Waals surface area (Å²) in [6.45, 7) is 2.85. The summed E-state index contributed by atoms with van der Waals surface area (Å²) in [5.74, 6) is 1.24. The highest BCUT2D eigenvalue weighted by Crippen LogP contribution is 2.25. The Balaban J connectivity index is 1.82. The second kappa shape index (κ2) is 8.30. The predicted molar refractivity (Wildman–Crippen MR) is 97.0 cm³/mol. The van der Waals surface area contributed by atoms with Gasteiger partial charge in [0.15, 0.2) is 11.4 Å². The minimum atomic E-state index is -0.638. The molecule has 0 radical (unpaired) electrons. The van der Waals surface area contributed by atoms with Crippen LogP contribution < -0.4 is 5.32 Å². The first kappa shape index (κ1) is 17.7. The number of esters is 1. The van der Waals surface area contributed by atoms with E-state index in [0.29, 0.717) is 0 Å². The van der Waals surface area contributed by atoms with Crippen molar-refractivity contribution in [2.24, 2.45) is 0 Å². The summed E-state index contributed by atoms with van der Waals surface area (Å²) in [6.07, 6.45) is 5.80. The lowest BCUT2D eigenvalue weighted by molar-refractivity contribution is -0.138. The number of anilines is 1. The van der Waals surface area contributed by atoms with Gasteiger partial charge in [-0.15, -0.1) is 10.2 Å². The van der Waals surface area contributed by atoms with E-state index >= 15 is 0 Å². The number of rotatable bonds is 5. The van der Waals surface area contributed by atoms with E-state index in [-0.39, 0.29) is 12.2 Å². The van der Waals surface area contributed by atoms with Gasteiger partial charge in [-0.25, -0.2) is 4.79 Å². The van der Waals surface area contributed by atoms with Gasteiger partial charge in [0.25, 0.3) is 0 Å². The lowest BCUT2D eigenvalue weighted by Crippen LogP contribution is -2.08. The molecule has 2 heterocycles. The number of benzene rings is 1. The summed E-state index contributed by atoms with van der Waals surface area (Å²) in [7, 11) is 0. The number of nitriles is 1. The summed E-state index contributed by atoms with van der Waals surface area (Å²) in [5.41, 5.74) is 1.62. The smallest absolute Gasteiger partial charge is 0.350 e. The molecular formula is C19H21N5O2. The molecule has 1 aromatic carbocycles. The number of aryl methyl sites for hydroxylation is 1. The van der Waals surface area contributed by atoms with E-state index in [2.05, 4.69) is 20.1 Å². The van der Waals surface area contributed by atoms with Gasteiger partial charge in [-0.05, 0) is 31.9 Å². The Hall–Kier alpha value is -3.14. The summed E-state index contributed by atoms with van der Waals surface area (Å²) >= 11 is 0. The van der Waals surface area contributed by atoms with Crippen molar-refractivity contribution in [2.45, 2.75) is 39.2 Å². The third-order valence-electron chi connectivity index (χ3n) is 4.23. The molecule has 2 aromatic rings. The van der Waals surface area contributed by atoms with Crippen LogP contribution in [0.4, 0.5) is 5.69 Å². The molecule has 1 aliphatic rings. The molecular weight excluding hydrogens is 330 g/mol. The molecule has 7 heteroatoms. The minimum Gasteiger partial charge on any atom is -0.462 e. The third kappa shape index (κ3) is 3.91. The monoisotopic (exact) mass is 351 g/mol. The molecule has 0 aliphatic carbocycles. The van der Waals surface area contributed by atoms with Gasteiger partial charge >= 0.3 is 5.97 Å². The van der Waals surface area contributed by atoms with Crippen LogP contribution in [0, 0.1) is 11.3 Å². The van der Waals surface area contributed by atoms with Crippen molar-refractivity contribution in [3.8, 4) is 17.5 Å². The second-order valence-electron chi connectivity index (χ2n) is 6.02. The highest BCUT2D eigenvalue weighted by atomic mass is 16.5. The number of aromatic nitrogens is 3. The fourth-order valence-electron chi connectivity index (χ4n) is 2.95. The molecule has 0 saturated carbocycles. The topological polar surface area (TPSA) is 92.8 Å². The predicted octanol–water partition coefficient (Wildman–Crippen LogP) is 3.05. The van der Waals surface area contributed by atoms with Gasteiger partial charge in [0, 0.05) is 30.4 Å². The summed E-state index contributed by atoms with van der Waals surface area (Å²) in [5, 5.41) is 20.8. The lowest BCUT2D eigenvalue weighted by Gasteiger charge is -2.08. The maximum absolute atomic E-state index is 11.7. The molecule has 1 aromatic heterocycles. The Bertz CT molecular complexity index is 863. The fourth-order valence-corrected chi connectivity index (χ4v) is 2.95. The van der Waals surface area contributed by atoms with Crippen molar-refractivity contribution < 1.29 is 9.53 Å². The Morgan fingerprint density at radius 3 is 3.08 bits per heavy atom. The van der Waals surface area contributed by atoms with Crippen LogP contribution in [0.5, 0.6) is 0 Å². The Labute approximate surface area is 152 Å². The van der Waals surface area contributed by atoms with Crippen LogP contribution in [0.2, 0.25) is 0 Å². The van der Waals surface area contributed by atoms with E-state index in [9.17, 15) is 4.79 Å². The molecule has 0 unspecified atom stereocenters. The Morgan fingerprint density at radius 2 is 2.27 bits per heavy atom. The van der Waals surface area contributed by atoms with Crippen molar-refractivity contribution in [1.29, 1.82) is 5.26 Å². The normalized spacial score (nSPS) is 14.1. The number of nitrogens with zero attached hydrogens (tertiary/aromatic N) is 4. The molecule has 3 rings (SSSR count). The third-order valence-corrected chi connectivity index (χ3v) is 4.23. The van der Waals surface area contributed by atoms with E-state index < -0.39 is 5.97 Å². The van der Waals surface area contributed by atoms with Crippen LogP contribution in [0.15, 0.2) is 36.0 Å². The van der Waals surface area contributed by atoms with Crippen LogP contribution in [-0.2, 0) is 22.5 Å². The summed E-state index contributed by atoms with van der Waals surface area (Å²) in [6, 6.07) is 9.52. The number of hydrogen-bond donors (Lipinski definition) is 1. The van der Waals surface area contributed by atoms with Gasteiger partial charge < -0.3 is 14.6 Å². The van der Waals surface area contributed by atoms with Crippen LogP contribution in [0.25, 0.3) is 11.4 Å². The largest absolute Gasteiger partial charge is 0.462 e. The van der Waals surface area contributed by atoms with Gasteiger partial charge in [-0.2, -0.15) is 5.26 Å². The summed E-state index contributed by atoms with van der Waals surface area (Å²) < 4.78 is 7.03. The van der Waals surface area contributed by atoms with Crippen LogP contribution in [0.1, 0.15) is 32.0 Å². The van der Waals surface area contributed by atoms with Crippen molar-refractivity contribution in [3.63, 3.8) is 0 Å². The maximum atomic E-state index is 11.7. The zero-order valence-corrected chi connectivity index (χ0v) is 14.7. The van der Waals surface area contributed by atoms with Crippen LogP contribution in [-0.4, -0.2) is 27.3 Å². The Morgan fingerprint density at radius 1 is 1.38 bits per heavy atom. The molecule has 26 heavy (non-hydrogen) atoms. The fraction of sp³-hybridized carbons (Fsp3) is 0.368. The number of ether oxygens (including phenoxy) is 1. The summed E-state index contributed by atoms with van der Waals surface area (Å²) in [4.78, 5) is 11.7. The van der Waals surface area contributed by atoms with Crippen molar-refractivity contribution >= 4 is 11.7 Å². The van der Waals surface area contributed by atoms with Crippen molar-refractivity contribution in [1.82, 2.24) is 14.8 Å². The van der Waals surface area contributed by atoms with Gasteiger partial charge in [0.2, 0.25) is 0 Å². The first-order valence-corrected chi connectivity index (χ1v) is 8.79. The SMILES string of the molecule is CCOC(=O)/C(C#N)=C/Nc1cccc(-c2nnc3n2CCCCC3)c1. The second-order valence-corrected chi connectivity index (χ2v) is 6.02. The minimum absolute atomic E-state index is 0.0754. The van der Waals surface area contributed by atoms with Crippen LogP contribution in [0.3, 0.4) is 0 Å². The first-order valence-electron chi connectivity index (χ1n) is 8.79. The number of hydrogen-bond acceptors (Lipinski definition) is 6. The average Bonchev–Trinajstić information content (AvgIpc) is 2.91. The standard InChI is InChI=1S/C19H21N5O2/c1-2-26-19(25)15(12-20)13-21-16-8-6-7-14(11-16)18-23-22-17-9-4-3-5-10-24(17)18/h6-8,11,13,21H,2-5,9-10H2,1H3/b15-13+. The molecule has 0 bridgehead atoms. The zero-order valence-electron chi connectivity index (χ0n) is 14.7. The molecule has 7 nitrogen and oxygen atoms in total. The van der Waals surface area contributed by atoms with Crippen LogP contribution >= 0.6 is 0 Å². The zero-order chi connectivity index (χ0) is 18.4. The van der Waals surface area contributed by atoms with E-state index in [0.717, 1.165) is 48.7 Å². The number of fused-ring (bicyclic) bond motifs is 1. The van der Waals surface area contributed by atoms with E-state index in [4.69, 9.17) is 10.00 Å². The van der Waals surface area contributed by atoms with E-state index in [1.807, 2.05) is 30.3 Å². The molecule has 1 N–H and O–H groups in total. The quantitative estimate of drug-likeness (QED) is 0.505. The molecule has 0 saturated heterocycles. The molecule has 0 atom stereocenters. The highest BCUT2D eigenvalue weighted by molar-refractivity contribution is 5.93. The highest BCUT2D eigenvalue weighted by Gasteiger charge is 2.16. The molecule has 0 fully saturated rings. The molecule has 134 valence electrons. The maximum Gasteiger partial charge on any atom is 0.350 e. The number of carbonyl (C=O) groups excluding carboxylic acids is 1. The van der Waals surface area contributed by atoms with Gasteiger partial charge in [0.1, 0.15) is 11.9 Å². The van der Waals surface area contributed by atoms with E-state index in [1.165, 1.54) is 12.6 Å². The lowest BCUT2D eigenvalue weighted by atomic mass is 10.2. The van der Waals surface area contributed by atoms with Gasteiger partial charge in [0.05, 0.1) is 6.61 Å². The molecule has 0 amide bonds. The van der Waals surface area contributed by atoms with Crippen molar-refractivity contribution in [2.75, 3.05) is 11.9 Å².